The molecular formula is C15H20FNO2. The highest BCUT2D eigenvalue weighted by Gasteiger charge is 2.16. The van der Waals surface area contributed by atoms with Crippen LogP contribution in [0.3, 0.4) is 0 Å². The summed E-state index contributed by atoms with van der Waals surface area (Å²) in [4.78, 5) is 0. The summed E-state index contributed by atoms with van der Waals surface area (Å²) >= 11 is 0. The summed E-state index contributed by atoms with van der Waals surface area (Å²) in [7, 11) is 0. The topological polar surface area (TPSA) is 34.4 Å². The zero-order chi connectivity index (χ0) is 13.8. The van der Waals surface area contributed by atoms with Crippen molar-refractivity contribution in [3.05, 3.63) is 35.8 Å². The van der Waals surface area contributed by atoms with Gasteiger partial charge in [-0.05, 0) is 44.7 Å². The summed E-state index contributed by atoms with van der Waals surface area (Å²) in [5.41, 5.74) is 0.698. The molecule has 2 aromatic rings. The molecule has 0 fully saturated rings. The van der Waals surface area contributed by atoms with E-state index in [9.17, 15) is 4.39 Å². The Kier molecular flexibility index (Phi) is 4.56. The van der Waals surface area contributed by atoms with Crippen LogP contribution in [0.25, 0.3) is 11.0 Å². The number of hydrogen-bond donors (Lipinski definition) is 1. The van der Waals surface area contributed by atoms with Crippen molar-refractivity contribution in [2.24, 2.45) is 0 Å². The normalized spacial score (nSPS) is 13.3. The van der Waals surface area contributed by atoms with Crippen LogP contribution < -0.4 is 5.32 Å². The highest BCUT2D eigenvalue weighted by atomic mass is 19.1. The Bertz CT molecular complexity index is 536. The van der Waals surface area contributed by atoms with E-state index in [4.69, 9.17) is 9.15 Å². The van der Waals surface area contributed by atoms with E-state index in [1.165, 1.54) is 12.1 Å². The molecule has 1 aromatic carbocycles. The van der Waals surface area contributed by atoms with Crippen LogP contribution >= 0.6 is 0 Å². The second kappa shape index (κ2) is 6.17. The first kappa shape index (κ1) is 14.0. The van der Waals surface area contributed by atoms with Crippen molar-refractivity contribution < 1.29 is 13.5 Å². The van der Waals surface area contributed by atoms with Crippen LogP contribution in [-0.4, -0.2) is 19.3 Å². The predicted octanol–water partition coefficient (Wildman–Crippen LogP) is 3.65. The lowest BCUT2D eigenvalue weighted by atomic mass is 10.2. The number of ether oxygens (including phenoxy) is 1. The van der Waals surface area contributed by atoms with Crippen LogP contribution in [-0.2, 0) is 4.74 Å². The Balaban J connectivity index is 2.22. The standard InChI is InChI=1S/C15H20FNO2/c1-4-17-13(9-18-10(2)3)15-8-11-7-12(16)5-6-14(11)19-15/h5-8,10,13,17H,4,9H2,1-3H3. The summed E-state index contributed by atoms with van der Waals surface area (Å²) < 4.78 is 24.6. The Morgan fingerprint density at radius 1 is 1.32 bits per heavy atom. The summed E-state index contributed by atoms with van der Waals surface area (Å²) in [5, 5.41) is 4.10. The second-order valence-electron chi connectivity index (χ2n) is 4.82. The van der Waals surface area contributed by atoms with E-state index in [2.05, 4.69) is 5.32 Å². The van der Waals surface area contributed by atoms with Crippen molar-refractivity contribution >= 4 is 11.0 Å². The van der Waals surface area contributed by atoms with Crippen molar-refractivity contribution in [1.82, 2.24) is 5.32 Å². The molecule has 1 atom stereocenters. The average molecular weight is 265 g/mol. The summed E-state index contributed by atoms with van der Waals surface area (Å²) in [6, 6.07) is 6.40. The molecule has 1 N–H and O–H groups in total. The highest BCUT2D eigenvalue weighted by Crippen LogP contribution is 2.25. The van der Waals surface area contributed by atoms with Gasteiger partial charge in [-0.1, -0.05) is 6.92 Å². The van der Waals surface area contributed by atoms with Crippen molar-refractivity contribution in [3.63, 3.8) is 0 Å². The minimum Gasteiger partial charge on any atom is -0.459 e. The van der Waals surface area contributed by atoms with Gasteiger partial charge in [-0.15, -0.1) is 0 Å². The van der Waals surface area contributed by atoms with Gasteiger partial charge in [0.25, 0.3) is 0 Å². The fourth-order valence-electron chi connectivity index (χ4n) is 1.98. The van der Waals surface area contributed by atoms with E-state index < -0.39 is 0 Å². The van der Waals surface area contributed by atoms with Crippen molar-refractivity contribution in [1.29, 1.82) is 0 Å². The van der Waals surface area contributed by atoms with Crippen LogP contribution in [0, 0.1) is 5.82 Å². The lowest BCUT2D eigenvalue weighted by Crippen LogP contribution is -2.26. The number of halogens is 1. The van der Waals surface area contributed by atoms with Gasteiger partial charge in [0.2, 0.25) is 0 Å². The minimum absolute atomic E-state index is 0.0112. The van der Waals surface area contributed by atoms with Crippen molar-refractivity contribution in [2.75, 3.05) is 13.2 Å². The molecule has 0 aliphatic carbocycles. The molecule has 0 bridgehead atoms. The first-order chi connectivity index (χ1) is 9.10. The molecule has 4 heteroatoms. The fraction of sp³-hybridized carbons (Fsp3) is 0.467. The molecule has 0 aliphatic rings. The molecule has 0 aliphatic heterocycles. The predicted molar refractivity (Wildman–Crippen MR) is 73.7 cm³/mol. The van der Waals surface area contributed by atoms with E-state index in [1.807, 2.05) is 26.8 Å². The van der Waals surface area contributed by atoms with E-state index >= 15 is 0 Å². The lowest BCUT2D eigenvalue weighted by molar-refractivity contribution is 0.0575. The summed E-state index contributed by atoms with van der Waals surface area (Å²) in [6.07, 6.45) is 0.169. The van der Waals surface area contributed by atoms with Gasteiger partial charge >= 0.3 is 0 Å². The van der Waals surface area contributed by atoms with Crippen LogP contribution in [0.1, 0.15) is 32.6 Å². The number of fused-ring (bicyclic) bond motifs is 1. The van der Waals surface area contributed by atoms with Gasteiger partial charge < -0.3 is 14.5 Å². The SMILES string of the molecule is CCNC(COC(C)C)c1cc2cc(F)ccc2o1. The largest absolute Gasteiger partial charge is 0.459 e. The monoisotopic (exact) mass is 265 g/mol. The van der Waals surface area contributed by atoms with E-state index in [-0.39, 0.29) is 18.0 Å². The van der Waals surface area contributed by atoms with Crippen LogP contribution in [0.2, 0.25) is 0 Å². The van der Waals surface area contributed by atoms with Gasteiger partial charge in [0.15, 0.2) is 0 Å². The molecule has 1 heterocycles. The minimum atomic E-state index is -0.252. The molecule has 3 nitrogen and oxygen atoms in total. The number of furan rings is 1. The molecule has 19 heavy (non-hydrogen) atoms. The molecule has 0 amide bonds. The quantitative estimate of drug-likeness (QED) is 0.865. The maximum atomic E-state index is 13.2. The Hall–Kier alpha value is -1.39. The number of benzene rings is 1. The molecule has 104 valence electrons. The van der Waals surface area contributed by atoms with Crippen LogP contribution in [0.5, 0.6) is 0 Å². The molecule has 2 rings (SSSR count). The lowest BCUT2D eigenvalue weighted by Gasteiger charge is -2.17. The fourth-order valence-corrected chi connectivity index (χ4v) is 1.98. The van der Waals surface area contributed by atoms with Crippen molar-refractivity contribution in [2.45, 2.75) is 32.9 Å². The van der Waals surface area contributed by atoms with Crippen LogP contribution in [0.4, 0.5) is 4.39 Å². The molecule has 0 saturated heterocycles. The molecule has 0 radical (unpaired) electrons. The molecule has 1 unspecified atom stereocenters. The third kappa shape index (κ3) is 3.55. The summed E-state index contributed by atoms with van der Waals surface area (Å²) in [5.74, 6) is 0.529. The number of likely N-dealkylation sites (N-methyl/N-ethyl adjacent to an activating group) is 1. The Morgan fingerprint density at radius 3 is 2.79 bits per heavy atom. The smallest absolute Gasteiger partial charge is 0.134 e. The molecule has 0 saturated carbocycles. The van der Waals surface area contributed by atoms with Gasteiger partial charge in [0.1, 0.15) is 17.2 Å². The highest BCUT2D eigenvalue weighted by molar-refractivity contribution is 5.78. The van der Waals surface area contributed by atoms with E-state index in [0.717, 1.165) is 17.7 Å². The van der Waals surface area contributed by atoms with Gasteiger partial charge in [0.05, 0.1) is 18.8 Å². The van der Waals surface area contributed by atoms with Crippen LogP contribution in [0.15, 0.2) is 28.7 Å². The summed E-state index contributed by atoms with van der Waals surface area (Å²) in [6.45, 7) is 7.38. The Labute approximate surface area is 112 Å². The third-order valence-electron chi connectivity index (χ3n) is 2.89. The first-order valence-corrected chi connectivity index (χ1v) is 6.64. The Morgan fingerprint density at radius 2 is 2.11 bits per heavy atom. The first-order valence-electron chi connectivity index (χ1n) is 6.64. The maximum absolute atomic E-state index is 13.2. The number of rotatable bonds is 6. The van der Waals surface area contributed by atoms with Gasteiger partial charge in [-0.25, -0.2) is 4.39 Å². The zero-order valence-corrected chi connectivity index (χ0v) is 11.6. The molecular weight excluding hydrogens is 245 g/mol. The zero-order valence-electron chi connectivity index (χ0n) is 11.6. The second-order valence-corrected chi connectivity index (χ2v) is 4.82. The van der Waals surface area contributed by atoms with Gasteiger partial charge in [0, 0.05) is 5.39 Å². The van der Waals surface area contributed by atoms with Gasteiger partial charge in [-0.2, -0.15) is 0 Å². The number of nitrogens with one attached hydrogen (secondary N) is 1. The van der Waals surface area contributed by atoms with Gasteiger partial charge in [-0.3, -0.25) is 0 Å². The molecule has 1 aromatic heterocycles. The number of hydrogen-bond acceptors (Lipinski definition) is 3. The molecule has 0 spiro atoms. The average Bonchev–Trinajstić information content (AvgIpc) is 2.76. The van der Waals surface area contributed by atoms with E-state index in [0.29, 0.717) is 12.2 Å². The van der Waals surface area contributed by atoms with E-state index in [1.54, 1.807) is 6.07 Å². The third-order valence-corrected chi connectivity index (χ3v) is 2.89. The maximum Gasteiger partial charge on any atom is 0.134 e. The van der Waals surface area contributed by atoms with Crippen molar-refractivity contribution in [3.8, 4) is 0 Å².